The van der Waals surface area contributed by atoms with Crippen molar-refractivity contribution in [2.75, 3.05) is 32.7 Å². The second-order valence-electron chi connectivity index (χ2n) is 5.85. The largest absolute Gasteiger partial charge is 0.327 e. The smallest absolute Gasteiger partial charge is 0.0223 e. The summed E-state index contributed by atoms with van der Waals surface area (Å²) in [5.74, 6) is 0. The number of hydrogen-bond donors (Lipinski definition) is 1. The van der Waals surface area contributed by atoms with Crippen molar-refractivity contribution in [2.45, 2.75) is 57.5 Å². The van der Waals surface area contributed by atoms with Gasteiger partial charge >= 0.3 is 0 Å². The molecule has 2 N–H and O–H groups in total. The Balaban J connectivity index is 1.76. The van der Waals surface area contributed by atoms with Crippen molar-refractivity contribution in [1.29, 1.82) is 0 Å². The molecule has 0 aliphatic carbocycles. The van der Waals surface area contributed by atoms with Crippen LogP contribution in [-0.2, 0) is 0 Å². The number of nitrogens with zero attached hydrogens (tertiary/aromatic N) is 2. The Hall–Kier alpha value is -0.120. The lowest BCUT2D eigenvalue weighted by atomic mass is 10.1. The molecule has 0 radical (unpaired) electrons. The van der Waals surface area contributed by atoms with Crippen LogP contribution in [0.4, 0.5) is 0 Å². The Morgan fingerprint density at radius 1 is 1.24 bits per heavy atom. The SMILES string of the molecule is CCCCC(N)CN1CCCN2CCCC2C1. The van der Waals surface area contributed by atoms with Crippen molar-refractivity contribution in [3.63, 3.8) is 0 Å². The van der Waals surface area contributed by atoms with Gasteiger partial charge in [-0.25, -0.2) is 0 Å². The molecule has 17 heavy (non-hydrogen) atoms. The standard InChI is InChI=1S/C14H29N3/c1-2-3-6-13(15)11-16-8-5-10-17-9-4-7-14(17)12-16/h13-14H,2-12,15H2,1H3. The van der Waals surface area contributed by atoms with E-state index < -0.39 is 0 Å². The maximum atomic E-state index is 6.22. The summed E-state index contributed by atoms with van der Waals surface area (Å²) in [4.78, 5) is 5.31. The van der Waals surface area contributed by atoms with Gasteiger partial charge in [-0.2, -0.15) is 0 Å². The van der Waals surface area contributed by atoms with E-state index in [4.69, 9.17) is 5.73 Å². The predicted octanol–water partition coefficient (Wildman–Crippen LogP) is 1.67. The first-order chi connectivity index (χ1) is 8.29. The molecule has 2 aliphatic rings. The average Bonchev–Trinajstić information content (AvgIpc) is 2.66. The van der Waals surface area contributed by atoms with Crippen LogP contribution in [0.15, 0.2) is 0 Å². The number of unbranched alkanes of at least 4 members (excludes halogenated alkanes) is 1. The Kier molecular flexibility index (Phi) is 5.26. The van der Waals surface area contributed by atoms with Crippen LogP contribution < -0.4 is 5.73 Å². The summed E-state index contributed by atoms with van der Waals surface area (Å²) in [7, 11) is 0. The molecule has 100 valence electrons. The molecule has 0 bridgehead atoms. The van der Waals surface area contributed by atoms with Gasteiger partial charge < -0.3 is 10.6 Å². The highest BCUT2D eigenvalue weighted by Gasteiger charge is 2.28. The maximum Gasteiger partial charge on any atom is 0.0223 e. The fraction of sp³-hybridized carbons (Fsp3) is 1.00. The predicted molar refractivity (Wildman–Crippen MR) is 73.2 cm³/mol. The van der Waals surface area contributed by atoms with E-state index in [1.807, 2.05) is 0 Å². The van der Waals surface area contributed by atoms with Gasteiger partial charge in [-0.1, -0.05) is 19.8 Å². The molecule has 2 unspecified atom stereocenters. The molecule has 0 amide bonds. The van der Waals surface area contributed by atoms with E-state index in [0.29, 0.717) is 6.04 Å². The molecule has 0 aromatic carbocycles. The Labute approximate surface area is 106 Å². The van der Waals surface area contributed by atoms with E-state index in [-0.39, 0.29) is 0 Å². The van der Waals surface area contributed by atoms with Crippen LogP contribution in [0.3, 0.4) is 0 Å². The third kappa shape index (κ3) is 3.94. The first-order valence-corrected chi connectivity index (χ1v) is 7.51. The van der Waals surface area contributed by atoms with Gasteiger partial charge in [0, 0.05) is 25.2 Å². The molecule has 0 saturated carbocycles. The Morgan fingerprint density at radius 2 is 2.06 bits per heavy atom. The monoisotopic (exact) mass is 239 g/mol. The first-order valence-electron chi connectivity index (χ1n) is 7.51. The molecule has 2 aliphatic heterocycles. The zero-order valence-electron chi connectivity index (χ0n) is 11.4. The number of nitrogens with two attached hydrogens (primary N) is 1. The number of fused-ring (bicyclic) bond motifs is 1. The number of rotatable bonds is 5. The van der Waals surface area contributed by atoms with Crippen LogP contribution >= 0.6 is 0 Å². The van der Waals surface area contributed by atoms with E-state index in [1.54, 1.807) is 0 Å². The third-order valence-corrected chi connectivity index (χ3v) is 4.31. The highest BCUT2D eigenvalue weighted by molar-refractivity contribution is 4.85. The van der Waals surface area contributed by atoms with Gasteiger partial charge in [0.1, 0.15) is 0 Å². The van der Waals surface area contributed by atoms with Crippen LogP contribution in [0, 0.1) is 0 Å². The second-order valence-corrected chi connectivity index (χ2v) is 5.85. The minimum absolute atomic E-state index is 0.392. The van der Waals surface area contributed by atoms with Crippen molar-refractivity contribution < 1.29 is 0 Å². The molecular weight excluding hydrogens is 210 g/mol. The van der Waals surface area contributed by atoms with E-state index in [1.165, 1.54) is 64.7 Å². The minimum Gasteiger partial charge on any atom is -0.327 e. The quantitative estimate of drug-likeness (QED) is 0.792. The zero-order chi connectivity index (χ0) is 12.1. The van der Waals surface area contributed by atoms with Gasteiger partial charge in [0.25, 0.3) is 0 Å². The van der Waals surface area contributed by atoms with Gasteiger partial charge in [0.15, 0.2) is 0 Å². The molecule has 2 fully saturated rings. The molecular formula is C14H29N3. The van der Waals surface area contributed by atoms with Crippen LogP contribution in [0.5, 0.6) is 0 Å². The highest BCUT2D eigenvalue weighted by atomic mass is 15.3. The summed E-state index contributed by atoms with van der Waals surface area (Å²) in [6.07, 6.45) is 7.88. The summed E-state index contributed by atoms with van der Waals surface area (Å²) in [6, 6.07) is 1.22. The first kappa shape index (κ1) is 13.3. The van der Waals surface area contributed by atoms with E-state index >= 15 is 0 Å². The van der Waals surface area contributed by atoms with Crippen molar-refractivity contribution in [3.8, 4) is 0 Å². The normalized spacial score (nSPS) is 28.9. The Bertz CT molecular complexity index is 220. The molecule has 3 nitrogen and oxygen atoms in total. The maximum absolute atomic E-state index is 6.22. The van der Waals surface area contributed by atoms with Crippen LogP contribution in [0.1, 0.15) is 45.4 Å². The molecule has 2 rings (SSSR count). The second kappa shape index (κ2) is 6.72. The van der Waals surface area contributed by atoms with Gasteiger partial charge in [-0.05, 0) is 45.3 Å². The highest BCUT2D eigenvalue weighted by Crippen LogP contribution is 2.21. The summed E-state index contributed by atoms with van der Waals surface area (Å²) in [6.45, 7) is 8.53. The fourth-order valence-corrected chi connectivity index (χ4v) is 3.34. The zero-order valence-corrected chi connectivity index (χ0v) is 11.4. The van der Waals surface area contributed by atoms with E-state index in [2.05, 4.69) is 16.7 Å². The van der Waals surface area contributed by atoms with Gasteiger partial charge in [-0.15, -0.1) is 0 Å². The number of hydrogen-bond acceptors (Lipinski definition) is 3. The van der Waals surface area contributed by atoms with Crippen LogP contribution in [0.2, 0.25) is 0 Å². The summed E-state index contributed by atoms with van der Waals surface area (Å²) >= 11 is 0. The summed E-state index contributed by atoms with van der Waals surface area (Å²) in [5.41, 5.74) is 6.22. The molecule has 2 heterocycles. The van der Waals surface area contributed by atoms with Crippen molar-refractivity contribution >= 4 is 0 Å². The topological polar surface area (TPSA) is 32.5 Å². The Morgan fingerprint density at radius 3 is 2.88 bits per heavy atom. The lowest BCUT2D eigenvalue weighted by Gasteiger charge is -2.27. The lowest BCUT2D eigenvalue weighted by molar-refractivity contribution is 0.210. The summed E-state index contributed by atoms with van der Waals surface area (Å²) < 4.78 is 0. The molecule has 2 atom stereocenters. The van der Waals surface area contributed by atoms with Gasteiger partial charge in [0.2, 0.25) is 0 Å². The fourth-order valence-electron chi connectivity index (χ4n) is 3.34. The van der Waals surface area contributed by atoms with Gasteiger partial charge in [0.05, 0.1) is 0 Å². The van der Waals surface area contributed by atoms with Crippen LogP contribution in [-0.4, -0.2) is 54.6 Å². The van der Waals surface area contributed by atoms with Crippen molar-refractivity contribution in [1.82, 2.24) is 9.80 Å². The molecule has 2 saturated heterocycles. The molecule has 0 aromatic rings. The lowest BCUT2D eigenvalue weighted by Crippen LogP contribution is -2.42. The van der Waals surface area contributed by atoms with Gasteiger partial charge in [-0.3, -0.25) is 4.90 Å². The molecule has 3 heteroatoms. The van der Waals surface area contributed by atoms with E-state index in [9.17, 15) is 0 Å². The molecule has 0 aromatic heterocycles. The van der Waals surface area contributed by atoms with Crippen molar-refractivity contribution in [2.24, 2.45) is 5.73 Å². The third-order valence-electron chi connectivity index (χ3n) is 4.31. The summed E-state index contributed by atoms with van der Waals surface area (Å²) in [5, 5.41) is 0. The van der Waals surface area contributed by atoms with Crippen LogP contribution in [0.25, 0.3) is 0 Å². The van der Waals surface area contributed by atoms with Crippen molar-refractivity contribution in [3.05, 3.63) is 0 Å². The average molecular weight is 239 g/mol. The van der Waals surface area contributed by atoms with E-state index in [0.717, 1.165) is 12.6 Å². The minimum atomic E-state index is 0.392. The molecule has 0 spiro atoms.